The first-order chi connectivity index (χ1) is 11.3. The van der Waals surface area contributed by atoms with E-state index >= 15 is 0 Å². The minimum absolute atomic E-state index is 0.0537. The van der Waals surface area contributed by atoms with Crippen LogP contribution in [0.4, 0.5) is 11.4 Å². The van der Waals surface area contributed by atoms with Crippen molar-refractivity contribution >= 4 is 39.2 Å². The Bertz CT molecular complexity index is 671. The van der Waals surface area contributed by atoms with Gasteiger partial charge in [0.2, 0.25) is 5.91 Å². The van der Waals surface area contributed by atoms with E-state index < -0.39 is 10.9 Å². The summed E-state index contributed by atoms with van der Waals surface area (Å²) in [5, 5.41) is 14.4. The number of anilines is 1. The molecule has 0 spiro atoms. The summed E-state index contributed by atoms with van der Waals surface area (Å²) in [6, 6.07) is 2.83. The fourth-order valence-electron chi connectivity index (χ4n) is 2.66. The molecule has 0 unspecified atom stereocenters. The molecule has 130 valence electrons. The Morgan fingerprint density at radius 2 is 2.00 bits per heavy atom. The Morgan fingerprint density at radius 3 is 2.50 bits per heavy atom. The van der Waals surface area contributed by atoms with Gasteiger partial charge in [0.15, 0.2) is 0 Å². The zero-order valence-electron chi connectivity index (χ0n) is 13.4. The van der Waals surface area contributed by atoms with Gasteiger partial charge in [-0.3, -0.25) is 14.9 Å². The number of rotatable bonds is 4. The first-order valence-electron chi connectivity index (χ1n) is 7.41. The van der Waals surface area contributed by atoms with Crippen molar-refractivity contribution in [2.24, 2.45) is 0 Å². The van der Waals surface area contributed by atoms with Crippen LogP contribution >= 0.6 is 15.9 Å². The van der Waals surface area contributed by atoms with Crippen LogP contribution in [0.2, 0.25) is 0 Å². The number of carbonyl (C=O) groups is 2. The minimum atomic E-state index is -0.761. The molecule has 1 aliphatic rings. The van der Waals surface area contributed by atoms with Crippen LogP contribution in [0.25, 0.3) is 0 Å². The number of amides is 1. The standard InChI is InChI=1S/C15H18BrN3O5/c1-9(20)18-5-3-10(4-6-18)17-13-7-11(15(21)24-2)14(19(22)23)8-12(13)16/h7-8,10,17H,3-6H2,1-2H3. The van der Waals surface area contributed by atoms with Crippen LogP contribution in [0.1, 0.15) is 30.1 Å². The van der Waals surface area contributed by atoms with Crippen molar-refractivity contribution < 1.29 is 19.2 Å². The molecule has 1 heterocycles. The number of hydrogen-bond donors (Lipinski definition) is 1. The average molecular weight is 400 g/mol. The van der Waals surface area contributed by atoms with Gasteiger partial charge < -0.3 is 15.0 Å². The van der Waals surface area contributed by atoms with E-state index in [0.29, 0.717) is 23.2 Å². The van der Waals surface area contributed by atoms with Crippen LogP contribution in [0.15, 0.2) is 16.6 Å². The minimum Gasteiger partial charge on any atom is -0.465 e. The summed E-state index contributed by atoms with van der Waals surface area (Å²) in [7, 11) is 1.18. The zero-order valence-corrected chi connectivity index (χ0v) is 15.0. The van der Waals surface area contributed by atoms with Gasteiger partial charge in [0.25, 0.3) is 5.69 Å². The van der Waals surface area contributed by atoms with Crippen LogP contribution in [-0.4, -0.2) is 47.9 Å². The second-order valence-corrected chi connectivity index (χ2v) is 6.38. The number of halogens is 1. The highest BCUT2D eigenvalue weighted by atomic mass is 79.9. The number of esters is 1. The molecule has 2 rings (SSSR count). The Morgan fingerprint density at radius 1 is 1.38 bits per heavy atom. The van der Waals surface area contributed by atoms with E-state index in [1.54, 1.807) is 11.8 Å². The molecule has 9 heteroatoms. The lowest BCUT2D eigenvalue weighted by atomic mass is 10.0. The number of nitro benzene ring substituents is 1. The number of nitrogens with one attached hydrogen (secondary N) is 1. The van der Waals surface area contributed by atoms with Crippen LogP contribution in [0.5, 0.6) is 0 Å². The van der Waals surface area contributed by atoms with Gasteiger partial charge in [-0.25, -0.2) is 4.79 Å². The van der Waals surface area contributed by atoms with Gasteiger partial charge in [0.05, 0.1) is 17.7 Å². The quantitative estimate of drug-likeness (QED) is 0.474. The second kappa shape index (κ2) is 7.61. The first-order valence-corrected chi connectivity index (χ1v) is 8.21. The van der Waals surface area contributed by atoms with Crippen LogP contribution < -0.4 is 5.32 Å². The van der Waals surface area contributed by atoms with Crippen molar-refractivity contribution in [2.75, 3.05) is 25.5 Å². The van der Waals surface area contributed by atoms with Crippen LogP contribution in [0.3, 0.4) is 0 Å². The number of methoxy groups -OCH3 is 1. The topological polar surface area (TPSA) is 102 Å². The molecule has 8 nitrogen and oxygen atoms in total. The van der Waals surface area contributed by atoms with Gasteiger partial charge in [-0.05, 0) is 34.8 Å². The first kappa shape index (κ1) is 18.2. The van der Waals surface area contributed by atoms with Gasteiger partial charge in [-0.1, -0.05) is 0 Å². The van der Waals surface area contributed by atoms with Crippen molar-refractivity contribution in [3.05, 3.63) is 32.3 Å². The number of benzene rings is 1. The summed E-state index contributed by atoms with van der Waals surface area (Å²) < 4.78 is 5.12. The zero-order chi connectivity index (χ0) is 17.9. The van der Waals surface area contributed by atoms with E-state index in [-0.39, 0.29) is 23.2 Å². The molecule has 0 aromatic heterocycles. The Kier molecular flexibility index (Phi) is 5.76. The van der Waals surface area contributed by atoms with E-state index in [1.807, 2.05) is 0 Å². The number of carbonyl (C=O) groups excluding carboxylic acids is 2. The Hall–Kier alpha value is -2.16. The predicted octanol–water partition coefficient (Wildman–Crippen LogP) is 2.57. The third-order valence-electron chi connectivity index (χ3n) is 3.99. The lowest BCUT2D eigenvalue weighted by molar-refractivity contribution is -0.385. The van der Waals surface area contributed by atoms with Gasteiger partial charge in [-0.15, -0.1) is 0 Å². The fourth-order valence-corrected chi connectivity index (χ4v) is 3.10. The lowest BCUT2D eigenvalue weighted by Gasteiger charge is -2.32. The summed E-state index contributed by atoms with van der Waals surface area (Å²) in [6.45, 7) is 2.85. The molecule has 1 aromatic carbocycles. The molecule has 1 aliphatic heterocycles. The molecule has 24 heavy (non-hydrogen) atoms. The fraction of sp³-hybridized carbons (Fsp3) is 0.467. The molecule has 0 saturated carbocycles. The van der Waals surface area contributed by atoms with Crippen molar-refractivity contribution in [3.8, 4) is 0 Å². The molecule has 0 aliphatic carbocycles. The number of hydrogen-bond acceptors (Lipinski definition) is 6. The summed E-state index contributed by atoms with van der Waals surface area (Å²) in [4.78, 5) is 35.4. The molecular formula is C15H18BrN3O5. The molecule has 0 radical (unpaired) electrons. The molecule has 0 bridgehead atoms. The number of nitro groups is 1. The van der Waals surface area contributed by atoms with Crippen molar-refractivity contribution in [1.82, 2.24) is 4.90 Å². The largest absolute Gasteiger partial charge is 0.465 e. The van der Waals surface area contributed by atoms with E-state index in [2.05, 4.69) is 26.0 Å². The molecule has 0 atom stereocenters. The summed E-state index contributed by atoms with van der Waals surface area (Å²) in [6.07, 6.45) is 1.52. The normalized spacial score (nSPS) is 15.0. The molecular weight excluding hydrogens is 382 g/mol. The highest BCUT2D eigenvalue weighted by Crippen LogP contribution is 2.32. The van der Waals surface area contributed by atoms with Crippen LogP contribution in [-0.2, 0) is 9.53 Å². The third kappa shape index (κ3) is 4.02. The van der Waals surface area contributed by atoms with Gasteiger partial charge >= 0.3 is 5.97 Å². The molecule has 1 aromatic rings. The summed E-state index contributed by atoms with van der Waals surface area (Å²) in [5.41, 5.74) is 0.169. The Balaban J connectivity index is 2.20. The number of nitrogens with zero attached hydrogens (tertiary/aromatic N) is 2. The number of ether oxygens (including phenoxy) is 1. The van der Waals surface area contributed by atoms with E-state index in [4.69, 9.17) is 0 Å². The van der Waals surface area contributed by atoms with E-state index in [9.17, 15) is 19.7 Å². The van der Waals surface area contributed by atoms with Crippen molar-refractivity contribution in [3.63, 3.8) is 0 Å². The molecule has 1 saturated heterocycles. The average Bonchev–Trinajstić information content (AvgIpc) is 2.55. The van der Waals surface area contributed by atoms with Crippen molar-refractivity contribution in [2.45, 2.75) is 25.8 Å². The lowest BCUT2D eigenvalue weighted by Crippen LogP contribution is -2.41. The maximum Gasteiger partial charge on any atom is 0.344 e. The second-order valence-electron chi connectivity index (χ2n) is 5.52. The third-order valence-corrected chi connectivity index (χ3v) is 4.64. The van der Waals surface area contributed by atoms with Gasteiger partial charge in [-0.2, -0.15) is 0 Å². The molecule has 1 fully saturated rings. The molecule has 1 N–H and O–H groups in total. The van der Waals surface area contributed by atoms with Crippen LogP contribution in [0, 0.1) is 10.1 Å². The summed E-state index contributed by atoms with van der Waals surface area (Å²) >= 11 is 3.30. The maximum absolute atomic E-state index is 11.8. The number of likely N-dealkylation sites (tertiary alicyclic amines) is 1. The number of piperidine rings is 1. The SMILES string of the molecule is COC(=O)c1cc(NC2CCN(C(C)=O)CC2)c(Br)cc1[N+](=O)[O-]. The van der Waals surface area contributed by atoms with Crippen molar-refractivity contribution in [1.29, 1.82) is 0 Å². The summed E-state index contributed by atoms with van der Waals surface area (Å²) in [5.74, 6) is -0.707. The highest BCUT2D eigenvalue weighted by molar-refractivity contribution is 9.10. The van der Waals surface area contributed by atoms with E-state index in [0.717, 1.165) is 12.8 Å². The van der Waals surface area contributed by atoms with E-state index in [1.165, 1.54) is 19.2 Å². The van der Waals surface area contributed by atoms with Gasteiger partial charge in [0, 0.05) is 36.6 Å². The monoisotopic (exact) mass is 399 g/mol. The predicted molar refractivity (Wildman–Crippen MR) is 91.0 cm³/mol. The Labute approximate surface area is 147 Å². The maximum atomic E-state index is 11.8. The highest BCUT2D eigenvalue weighted by Gasteiger charge is 2.26. The smallest absolute Gasteiger partial charge is 0.344 e. The van der Waals surface area contributed by atoms with Gasteiger partial charge in [0.1, 0.15) is 5.56 Å². The molecule has 1 amide bonds.